The maximum atomic E-state index is 10.8. The highest BCUT2D eigenvalue weighted by Gasteiger charge is 2.22. The van der Waals surface area contributed by atoms with E-state index in [2.05, 4.69) is 21.7 Å². The van der Waals surface area contributed by atoms with E-state index in [1.165, 1.54) is 24.6 Å². The van der Waals surface area contributed by atoms with E-state index in [4.69, 9.17) is 5.11 Å². The molecule has 4 nitrogen and oxygen atoms in total. The smallest absolute Gasteiger partial charge is 0.313 e. The lowest BCUT2D eigenvalue weighted by molar-refractivity contribution is -0.133. The summed E-state index contributed by atoms with van der Waals surface area (Å²) in [6.07, 6.45) is 5.66. The minimum Gasteiger partial charge on any atom is -0.481 e. The summed E-state index contributed by atoms with van der Waals surface area (Å²) in [5.41, 5.74) is 2.20. The van der Waals surface area contributed by atoms with Crippen LogP contribution in [0.5, 0.6) is 0 Å². The molecule has 110 valence electrons. The molecule has 0 unspecified atom stereocenters. The summed E-state index contributed by atoms with van der Waals surface area (Å²) in [5, 5.41) is 9.66. The summed E-state index contributed by atoms with van der Waals surface area (Å²) in [6, 6.07) is 10.1. The van der Waals surface area contributed by atoms with Crippen molar-refractivity contribution < 1.29 is 9.90 Å². The molecule has 3 rings (SSSR count). The van der Waals surface area contributed by atoms with Crippen LogP contribution in [0, 0.1) is 5.92 Å². The number of hydrogen-bond acceptors (Lipinski definition) is 3. The predicted octanol–water partition coefficient (Wildman–Crippen LogP) is 3.53. The van der Waals surface area contributed by atoms with Crippen molar-refractivity contribution >= 4 is 17.7 Å². The van der Waals surface area contributed by atoms with Crippen LogP contribution in [0.1, 0.15) is 19.3 Å². The second kappa shape index (κ2) is 6.35. The second-order valence-electron chi connectivity index (χ2n) is 5.36. The first-order chi connectivity index (χ1) is 10.2. The van der Waals surface area contributed by atoms with Crippen LogP contribution in [-0.4, -0.2) is 26.4 Å². The first-order valence-corrected chi connectivity index (χ1v) is 8.18. The first kappa shape index (κ1) is 14.2. The van der Waals surface area contributed by atoms with Gasteiger partial charge in [0.25, 0.3) is 0 Å². The van der Waals surface area contributed by atoms with Crippen molar-refractivity contribution in [3.63, 3.8) is 0 Å². The number of imidazole rings is 1. The molecule has 21 heavy (non-hydrogen) atoms. The summed E-state index contributed by atoms with van der Waals surface area (Å²) < 4.78 is 2.17. The van der Waals surface area contributed by atoms with E-state index in [-0.39, 0.29) is 5.75 Å². The van der Waals surface area contributed by atoms with Gasteiger partial charge >= 0.3 is 5.97 Å². The predicted molar refractivity (Wildman–Crippen MR) is 83.4 cm³/mol. The maximum Gasteiger partial charge on any atom is 0.313 e. The minimum absolute atomic E-state index is 0.0503. The van der Waals surface area contributed by atoms with E-state index in [9.17, 15) is 4.79 Å². The number of benzene rings is 1. The van der Waals surface area contributed by atoms with E-state index in [1.807, 2.05) is 24.4 Å². The zero-order valence-corrected chi connectivity index (χ0v) is 12.6. The standard InChI is InChI=1S/C16H18N2O2S/c19-15(20)11-21-16-17-10-14(13-4-2-1-3-5-13)18(16)9-8-12-6-7-12/h1-5,10,12H,6-9,11H2,(H,19,20). The number of rotatable bonds is 7. The number of carbonyl (C=O) groups is 1. The molecule has 0 aliphatic heterocycles. The van der Waals surface area contributed by atoms with Crippen molar-refractivity contribution in [2.75, 3.05) is 5.75 Å². The SMILES string of the molecule is O=C(O)CSc1ncc(-c2ccccc2)n1CCC1CC1. The Kier molecular flexibility index (Phi) is 4.29. The number of nitrogens with zero attached hydrogens (tertiary/aromatic N) is 2. The molecule has 0 spiro atoms. The van der Waals surface area contributed by atoms with E-state index in [0.717, 1.165) is 35.3 Å². The number of thioether (sulfide) groups is 1. The Labute approximate surface area is 128 Å². The zero-order valence-electron chi connectivity index (χ0n) is 11.7. The number of aliphatic carboxylic acids is 1. The molecule has 2 aromatic rings. The Morgan fingerprint density at radius 1 is 1.33 bits per heavy atom. The molecular formula is C16H18N2O2S. The second-order valence-corrected chi connectivity index (χ2v) is 6.30. The Morgan fingerprint density at radius 2 is 2.10 bits per heavy atom. The van der Waals surface area contributed by atoms with Crippen LogP contribution in [0.4, 0.5) is 0 Å². The molecule has 1 aliphatic rings. The van der Waals surface area contributed by atoms with Crippen molar-refractivity contribution in [1.82, 2.24) is 9.55 Å². The number of hydrogen-bond donors (Lipinski definition) is 1. The third-order valence-corrected chi connectivity index (χ3v) is 4.65. The fourth-order valence-electron chi connectivity index (χ4n) is 2.37. The molecule has 0 bridgehead atoms. The van der Waals surface area contributed by atoms with Gasteiger partial charge in [0.05, 0.1) is 17.6 Å². The molecular weight excluding hydrogens is 284 g/mol. The summed E-state index contributed by atoms with van der Waals surface area (Å²) in [6.45, 7) is 0.914. The average Bonchev–Trinajstić information content (AvgIpc) is 3.23. The lowest BCUT2D eigenvalue weighted by atomic mass is 10.1. The lowest BCUT2D eigenvalue weighted by Gasteiger charge is -2.11. The van der Waals surface area contributed by atoms with E-state index >= 15 is 0 Å². The van der Waals surface area contributed by atoms with Gasteiger partial charge in [-0.25, -0.2) is 4.98 Å². The number of carboxylic acids is 1. The topological polar surface area (TPSA) is 55.1 Å². The molecule has 5 heteroatoms. The van der Waals surface area contributed by atoms with Crippen LogP contribution in [0.25, 0.3) is 11.3 Å². The van der Waals surface area contributed by atoms with Crippen LogP contribution in [0.3, 0.4) is 0 Å². The highest BCUT2D eigenvalue weighted by atomic mass is 32.2. The van der Waals surface area contributed by atoms with Gasteiger partial charge in [0, 0.05) is 6.54 Å². The Morgan fingerprint density at radius 3 is 2.76 bits per heavy atom. The number of carboxylic acid groups (broad SMARTS) is 1. The Bertz CT molecular complexity index is 620. The average molecular weight is 302 g/mol. The summed E-state index contributed by atoms with van der Waals surface area (Å²) in [4.78, 5) is 15.2. The molecule has 0 saturated heterocycles. The van der Waals surface area contributed by atoms with Gasteiger partial charge in [0.1, 0.15) is 0 Å². The van der Waals surface area contributed by atoms with Gasteiger partial charge in [-0.1, -0.05) is 54.9 Å². The zero-order chi connectivity index (χ0) is 14.7. The van der Waals surface area contributed by atoms with Crippen LogP contribution in [-0.2, 0) is 11.3 Å². The maximum absolute atomic E-state index is 10.8. The van der Waals surface area contributed by atoms with Crippen molar-refractivity contribution in [3.8, 4) is 11.3 Å². The van der Waals surface area contributed by atoms with Crippen LogP contribution in [0.2, 0.25) is 0 Å². The summed E-state index contributed by atoms with van der Waals surface area (Å²) >= 11 is 1.30. The van der Waals surface area contributed by atoms with Gasteiger partial charge in [0.15, 0.2) is 5.16 Å². The molecule has 1 saturated carbocycles. The molecule has 0 atom stereocenters. The highest BCUT2D eigenvalue weighted by molar-refractivity contribution is 7.99. The van der Waals surface area contributed by atoms with Crippen LogP contribution >= 0.6 is 11.8 Å². The van der Waals surface area contributed by atoms with E-state index < -0.39 is 5.97 Å². The van der Waals surface area contributed by atoms with Crippen LogP contribution in [0.15, 0.2) is 41.7 Å². The third-order valence-electron chi connectivity index (χ3n) is 3.67. The molecule has 1 heterocycles. The first-order valence-electron chi connectivity index (χ1n) is 7.19. The normalized spacial score (nSPS) is 14.3. The van der Waals surface area contributed by atoms with Gasteiger partial charge in [-0.15, -0.1) is 0 Å². The molecule has 1 N–H and O–H groups in total. The van der Waals surface area contributed by atoms with Gasteiger partial charge in [-0.2, -0.15) is 0 Å². The molecule has 1 aromatic carbocycles. The minimum atomic E-state index is -0.807. The van der Waals surface area contributed by atoms with Gasteiger partial charge in [-0.05, 0) is 17.9 Å². The largest absolute Gasteiger partial charge is 0.481 e. The highest BCUT2D eigenvalue weighted by Crippen LogP contribution is 2.34. The molecule has 1 aliphatic carbocycles. The van der Waals surface area contributed by atoms with Crippen molar-refractivity contribution in [3.05, 3.63) is 36.5 Å². The van der Waals surface area contributed by atoms with Gasteiger partial charge in [-0.3, -0.25) is 4.79 Å². The molecule has 0 amide bonds. The quantitative estimate of drug-likeness (QED) is 0.795. The number of aromatic nitrogens is 2. The van der Waals surface area contributed by atoms with Crippen molar-refractivity contribution in [2.24, 2.45) is 5.92 Å². The van der Waals surface area contributed by atoms with E-state index in [1.54, 1.807) is 0 Å². The third kappa shape index (κ3) is 3.67. The fourth-order valence-corrected chi connectivity index (χ4v) is 3.10. The summed E-state index contributed by atoms with van der Waals surface area (Å²) in [7, 11) is 0. The van der Waals surface area contributed by atoms with Crippen molar-refractivity contribution in [2.45, 2.75) is 31.0 Å². The van der Waals surface area contributed by atoms with Gasteiger partial charge < -0.3 is 9.67 Å². The Balaban J connectivity index is 1.85. The fraction of sp³-hybridized carbons (Fsp3) is 0.375. The Hall–Kier alpha value is -1.75. The monoisotopic (exact) mass is 302 g/mol. The molecule has 1 fully saturated rings. The van der Waals surface area contributed by atoms with Crippen molar-refractivity contribution in [1.29, 1.82) is 0 Å². The molecule has 1 aromatic heterocycles. The van der Waals surface area contributed by atoms with Gasteiger partial charge in [0.2, 0.25) is 0 Å². The van der Waals surface area contributed by atoms with Crippen LogP contribution < -0.4 is 0 Å². The lowest BCUT2D eigenvalue weighted by Crippen LogP contribution is -2.05. The summed E-state index contributed by atoms with van der Waals surface area (Å²) in [5.74, 6) is 0.0839. The van der Waals surface area contributed by atoms with E-state index in [0.29, 0.717) is 0 Å². The molecule has 0 radical (unpaired) electrons.